The molecule has 4 aliphatic rings. The molecule has 4 aromatic heterocycles. The fourth-order valence-corrected chi connectivity index (χ4v) is 18.4. The van der Waals surface area contributed by atoms with E-state index in [1.54, 1.807) is 0 Å². The summed E-state index contributed by atoms with van der Waals surface area (Å²) in [6.07, 6.45) is 0. The summed E-state index contributed by atoms with van der Waals surface area (Å²) in [5.41, 5.74) is 34.8. The standard InChI is InChI=1S/C96H56B2N4O4/c1-10-31-87-67(18-1)71-51-59(38-46-90(71)103-87)57-34-40-63(41-35-57)99-82-45-37-61(53-78(82)98-77-23-6-9-26-81(77)102(86-30-14-27-83(99)96(86)98)66-43-49-93-74(56-66)69-20-3-12-33-89(69)105-93)62-36-44-70-72-52-60(39-47-91(72)106-94(70)54-62)58-16-13-17-64(50-58)100-79-24-7-4-21-75(79)97-76-22-5-8-25-80(76)101(85-29-15-28-84(100)95(85)97)65-42-48-92-73(55-65)68-19-2-11-32-88(68)104-92/h1-56H. The van der Waals surface area contributed by atoms with Crippen molar-refractivity contribution < 1.29 is 17.7 Å². The van der Waals surface area contributed by atoms with Gasteiger partial charge in [0.25, 0.3) is 13.4 Å². The van der Waals surface area contributed by atoms with Crippen molar-refractivity contribution in [1.82, 2.24) is 0 Å². The lowest BCUT2D eigenvalue weighted by Crippen LogP contribution is -2.61. The summed E-state index contributed by atoms with van der Waals surface area (Å²) in [5, 5.41) is 8.78. The van der Waals surface area contributed by atoms with Gasteiger partial charge in [0.05, 0.1) is 0 Å². The number of benzene rings is 16. The maximum Gasteiger partial charge on any atom is 0.252 e. The van der Waals surface area contributed by atoms with E-state index in [2.05, 4.69) is 335 Å². The van der Waals surface area contributed by atoms with Crippen LogP contribution in [0.3, 0.4) is 0 Å². The summed E-state index contributed by atoms with van der Waals surface area (Å²) in [6.45, 7) is -0.0698. The van der Waals surface area contributed by atoms with Gasteiger partial charge >= 0.3 is 0 Å². The zero-order valence-corrected chi connectivity index (χ0v) is 56.9. The Morgan fingerprint density at radius 1 is 0.170 bits per heavy atom. The molecule has 10 heteroatoms. The van der Waals surface area contributed by atoms with E-state index in [0.29, 0.717) is 0 Å². The van der Waals surface area contributed by atoms with Crippen LogP contribution >= 0.6 is 0 Å². The van der Waals surface area contributed by atoms with Gasteiger partial charge in [0.1, 0.15) is 44.7 Å². The van der Waals surface area contributed by atoms with Gasteiger partial charge in [0.15, 0.2) is 0 Å². The Hall–Kier alpha value is -14.0. The van der Waals surface area contributed by atoms with Crippen molar-refractivity contribution >= 4 is 202 Å². The third kappa shape index (κ3) is 8.26. The largest absolute Gasteiger partial charge is 0.456 e. The normalized spacial score (nSPS) is 13.4. The highest BCUT2D eigenvalue weighted by Gasteiger charge is 2.45. The number of fused-ring (bicyclic) bond motifs is 20. The number of nitrogens with zero attached hydrogens (tertiary/aromatic N) is 4. The van der Waals surface area contributed by atoms with Crippen molar-refractivity contribution in [3.8, 4) is 33.4 Å². The molecule has 0 N–H and O–H groups in total. The Balaban J connectivity index is 0.607. The second kappa shape index (κ2) is 21.8. The molecule has 0 bridgehead atoms. The van der Waals surface area contributed by atoms with Crippen LogP contribution in [0.15, 0.2) is 357 Å². The predicted octanol–water partition coefficient (Wildman–Crippen LogP) is 22.5. The molecule has 0 fully saturated rings. The average molecular weight is 1350 g/mol. The van der Waals surface area contributed by atoms with Gasteiger partial charge in [-0.05, 0) is 230 Å². The predicted molar refractivity (Wildman–Crippen MR) is 440 cm³/mol. The first-order valence-electron chi connectivity index (χ1n) is 36.3. The van der Waals surface area contributed by atoms with E-state index in [1.807, 2.05) is 24.3 Å². The molecule has 4 aliphatic heterocycles. The number of anilines is 12. The van der Waals surface area contributed by atoms with E-state index < -0.39 is 0 Å². The van der Waals surface area contributed by atoms with Crippen LogP contribution in [0.2, 0.25) is 0 Å². The molecule has 0 saturated heterocycles. The maximum atomic E-state index is 6.92. The van der Waals surface area contributed by atoms with Crippen LogP contribution in [0.25, 0.3) is 121 Å². The second-order valence-corrected chi connectivity index (χ2v) is 28.6. The van der Waals surface area contributed by atoms with E-state index in [9.17, 15) is 0 Å². The first-order valence-corrected chi connectivity index (χ1v) is 36.3. The van der Waals surface area contributed by atoms with Crippen LogP contribution in [0.5, 0.6) is 0 Å². The Bertz CT molecular complexity index is 7190. The Labute approximate surface area is 608 Å². The monoisotopic (exact) mass is 1350 g/mol. The summed E-state index contributed by atoms with van der Waals surface area (Å²) < 4.78 is 26.0. The van der Waals surface area contributed by atoms with E-state index in [1.165, 1.54) is 44.2 Å². The molecule has 0 radical (unpaired) electrons. The van der Waals surface area contributed by atoms with E-state index in [0.717, 1.165) is 178 Å². The van der Waals surface area contributed by atoms with E-state index in [4.69, 9.17) is 17.7 Å². The van der Waals surface area contributed by atoms with Gasteiger partial charge in [-0.1, -0.05) is 176 Å². The molecule has 0 atom stereocenters. The lowest BCUT2D eigenvalue weighted by atomic mass is 9.33. The smallest absolute Gasteiger partial charge is 0.252 e. The lowest BCUT2D eigenvalue weighted by Gasteiger charge is -2.44. The molecule has 106 heavy (non-hydrogen) atoms. The molecule has 20 aromatic rings. The third-order valence-corrected chi connectivity index (χ3v) is 23.0. The summed E-state index contributed by atoms with van der Waals surface area (Å²) in [6, 6.07) is 124. The zero-order valence-electron chi connectivity index (χ0n) is 56.9. The van der Waals surface area contributed by atoms with Gasteiger partial charge in [-0.15, -0.1) is 0 Å². The topological polar surface area (TPSA) is 65.5 Å². The molecule has 8 heterocycles. The minimum Gasteiger partial charge on any atom is -0.456 e. The number of hydrogen-bond acceptors (Lipinski definition) is 8. The van der Waals surface area contributed by atoms with Crippen molar-refractivity contribution in [2.24, 2.45) is 0 Å². The molecule has 490 valence electrons. The van der Waals surface area contributed by atoms with Crippen LogP contribution in [0, 0.1) is 0 Å². The molecular weight excluding hydrogens is 1290 g/mol. The zero-order chi connectivity index (χ0) is 69.0. The molecule has 0 spiro atoms. The molecule has 0 unspecified atom stereocenters. The first-order chi connectivity index (χ1) is 52.5. The fourth-order valence-electron chi connectivity index (χ4n) is 18.4. The summed E-state index contributed by atoms with van der Waals surface area (Å²) in [7, 11) is 0. The highest BCUT2D eigenvalue weighted by atomic mass is 16.3. The summed E-state index contributed by atoms with van der Waals surface area (Å²) >= 11 is 0. The van der Waals surface area contributed by atoms with Crippen molar-refractivity contribution in [2.45, 2.75) is 0 Å². The average Bonchev–Trinajstić information content (AvgIpc) is 1.30. The van der Waals surface area contributed by atoms with Crippen LogP contribution in [-0.4, -0.2) is 13.4 Å². The summed E-state index contributed by atoms with van der Waals surface area (Å²) in [4.78, 5) is 9.88. The summed E-state index contributed by atoms with van der Waals surface area (Å²) in [5.74, 6) is 0. The van der Waals surface area contributed by atoms with Crippen LogP contribution < -0.4 is 52.4 Å². The van der Waals surface area contributed by atoms with E-state index >= 15 is 0 Å². The van der Waals surface area contributed by atoms with Gasteiger partial charge in [-0.3, -0.25) is 0 Å². The quantitative estimate of drug-likeness (QED) is 0.146. The number of rotatable bonds is 7. The fraction of sp³-hybridized carbons (Fsp3) is 0. The number of hydrogen-bond donors (Lipinski definition) is 0. The lowest BCUT2D eigenvalue weighted by molar-refractivity contribution is 0.668. The number of furan rings is 4. The van der Waals surface area contributed by atoms with Gasteiger partial charge in [-0.25, -0.2) is 0 Å². The van der Waals surface area contributed by atoms with Crippen molar-refractivity contribution in [2.75, 3.05) is 19.6 Å². The van der Waals surface area contributed by atoms with E-state index in [-0.39, 0.29) is 13.4 Å². The van der Waals surface area contributed by atoms with Gasteiger partial charge in [0, 0.05) is 111 Å². The Morgan fingerprint density at radius 3 is 1.02 bits per heavy atom. The van der Waals surface area contributed by atoms with Crippen LogP contribution in [-0.2, 0) is 0 Å². The molecule has 0 saturated carbocycles. The maximum absolute atomic E-state index is 6.92. The van der Waals surface area contributed by atoms with Gasteiger partial charge in [-0.2, -0.15) is 0 Å². The van der Waals surface area contributed by atoms with Crippen molar-refractivity contribution in [1.29, 1.82) is 0 Å². The highest BCUT2D eigenvalue weighted by Crippen LogP contribution is 2.50. The second-order valence-electron chi connectivity index (χ2n) is 28.6. The highest BCUT2D eigenvalue weighted by molar-refractivity contribution is 7.01. The van der Waals surface area contributed by atoms with Crippen molar-refractivity contribution in [3.05, 3.63) is 340 Å². The minimum atomic E-state index is -0.0930. The Morgan fingerprint density at radius 2 is 0.491 bits per heavy atom. The van der Waals surface area contributed by atoms with Gasteiger partial charge in [0.2, 0.25) is 0 Å². The molecule has 24 rings (SSSR count). The van der Waals surface area contributed by atoms with Crippen LogP contribution in [0.1, 0.15) is 0 Å². The molecule has 0 aliphatic carbocycles. The molecular formula is C96H56B2N4O4. The van der Waals surface area contributed by atoms with Gasteiger partial charge < -0.3 is 37.3 Å². The first kappa shape index (κ1) is 57.7. The molecule has 0 amide bonds. The van der Waals surface area contributed by atoms with Crippen LogP contribution in [0.4, 0.5) is 68.2 Å². The molecule has 16 aromatic carbocycles. The molecule has 8 nitrogen and oxygen atoms in total. The van der Waals surface area contributed by atoms with Crippen molar-refractivity contribution in [3.63, 3.8) is 0 Å². The number of para-hydroxylation sites is 6. The SMILES string of the molecule is c1cc(-c2ccc3oc4cc(-c5ccc6c(c5)B5c7ccccc7N(c7ccc8oc9ccccc9c8c7)c7cccc(c75)N6c5ccc(-c6ccc7oc8ccccc8c7c6)cc5)ccc4c3c2)cc(N2c3ccccc3B3c4ccccc4N(c4ccc5oc6ccccc6c5c4)c4cccc2c43)c1. The minimum absolute atomic E-state index is 0.0232. The third-order valence-electron chi connectivity index (χ3n) is 23.0. The Kier molecular flexibility index (Phi) is 11.9.